The Hall–Kier alpha value is -2.87. The predicted octanol–water partition coefficient (Wildman–Crippen LogP) is 2.49. The maximum Gasteiger partial charge on any atom is 0.337 e. The van der Waals surface area contributed by atoms with Crippen LogP contribution in [0.25, 0.3) is 0 Å². The van der Waals surface area contributed by atoms with E-state index in [1.54, 1.807) is 6.07 Å². The summed E-state index contributed by atoms with van der Waals surface area (Å²) in [4.78, 5) is 24.1. The quantitative estimate of drug-likeness (QED) is 0.765. The van der Waals surface area contributed by atoms with E-state index in [-0.39, 0.29) is 11.3 Å². The third kappa shape index (κ3) is 5.30. The Labute approximate surface area is 159 Å². The van der Waals surface area contributed by atoms with Crippen molar-refractivity contribution < 1.29 is 22.7 Å². The first kappa shape index (κ1) is 20.4. The fourth-order valence-electron chi connectivity index (χ4n) is 2.46. The number of ether oxygens (including phenoxy) is 1. The number of esters is 1. The molecule has 0 atom stereocenters. The van der Waals surface area contributed by atoms with E-state index in [1.807, 2.05) is 26.0 Å². The van der Waals surface area contributed by atoms with Crippen LogP contribution in [0, 0.1) is 13.8 Å². The number of rotatable bonds is 6. The van der Waals surface area contributed by atoms with Crippen LogP contribution in [0.5, 0.6) is 0 Å². The van der Waals surface area contributed by atoms with Gasteiger partial charge >= 0.3 is 5.97 Å². The van der Waals surface area contributed by atoms with Crippen LogP contribution in [0.3, 0.4) is 0 Å². The molecule has 2 aromatic carbocycles. The predicted molar refractivity (Wildman–Crippen MR) is 105 cm³/mol. The van der Waals surface area contributed by atoms with E-state index in [0.29, 0.717) is 5.69 Å². The monoisotopic (exact) mass is 390 g/mol. The molecule has 0 aliphatic rings. The molecule has 0 unspecified atom stereocenters. The van der Waals surface area contributed by atoms with Gasteiger partial charge in [0.2, 0.25) is 15.9 Å². The second-order valence-electron chi connectivity index (χ2n) is 6.16. The molecule has 0 spiro atoms. The number of hydrogen-bond donors (Lipinski definition) is 1. The molecule has 144 valence electrons. The third-order valence-electron chi connectivity index (χ3n) is 4.03. The first-order valence-corrected chi connectivity index (χ1v) is 10.00. The number of nitrogens with one attached hydrogen (secondary N) is 1. The summed E-state index contributed by atoms with van der Waals surface area (Å²) in [5.41, 5.74) is 3.08. The minimum atomic E-state index is -3.75. The van der Waals surface area contributed by atoms with Crippen LogP contribution in [0.1, 0.15) is 21.5 Å². The Morgan fingerprint density at radius 1 is 1.07 bits per heavy atom. The summed E-state index contributed by atoms with van der Waals surface area (Å²) in [6.07, 6.45) is 1.00. The van der Waals surface area contributed by atoms with E-state index in [1.165, 1.54) is 31.4 Å². The lowest BCUT2D eigenvalue weighted by molar-refractivity contribution is -0.114. The molecule has 2 aromatic rings. The van der Waals surface area contributed by atoms with Gasteiger partial charge in [-0.2, -0.15) is 0 Å². The number of amides is 1. The van der Waals surface area contributed by atoms with Crippen LogP contribution >= 0.6 is 0 Å². The zero-order chi connectivity index (χ0) is 20.2. The van der Waals surface area contributed by atoms with E-state index < -0.39 is 28.4 Å². The van der Waals surface area contributed by atoms with Gasteiger partial charge in [0.05, 0.1) is 24.6 Å². The van der Waals surface area contributed by atoms with Gasteiger partial charge in [0.25, 0.3) is 0 Å². The molecule has 0 heterocycles. The molecule has 0 bridgehead atoms. The van der Waals surface area contributed by atoms with Crippen LogP contribution in [0.4, 0.5) is 11.4 Å². The lowest BCUT2D eigenvalue weighted by atomic mass is 10.1. The van der Waals surface area contributed by atoms with Crippen molar-refractivity contribution in [2.75, 3.05) is 29.5 Å². The van der Waals surface area contributed by atoms with E-state index in [2.05, 4.69) is 10.1 Å². The molecule has 0 saturated carbocycles. The average Bonchev–Trinajstić information content (AvgIpc) is 2.61. The lowest BCUT2D eigenvalue weighted by Gasteiger charge is -2.22. The summed E-state index contributed by atoms with van der Waals surface area (Å²) in [6, 6.07) is 11.4. The van der Waals surface area contributed by atoms with Crippen molar-refractivity contribution in [3.8, 4) is 0 Å². The minimum absolute atomic E-state index is 0.193. The van der Waals surface area contributed by atoms with Crippen LogP contribution < -0.4 is 9.62 Å². The highest BCUT2D eigenvalue weighted by Gasteiger charge is 2.22. The molecule has 0 saturated heterocycles. The number of benzene rings is 2. The van der Waals surface area contributed by atoms with Crippen LogP contribution in [0.15, 0.2) is 42.5 Å². The number of carbonyl (C=O) groups excluding carboxylic acids is 2. The smallest absolute Gasteiger partial charge is 0.337 e. The zero-order valence-corrected chi connectivity index (χ0v) is 16.5. The number of methoxy groups -OCH3 is 1. The Bertz CT molecular complexity index is 970. The van der Waals surface area contributed by atoms with Crippen molar-refractivity contribution in [1.29, 1.82) is 0 Å². The van der Waals surface area contributed by atoms with Crippen LogP contribution in [0.2, 0.25) is 0 Å². The molecule has 2 rings (SSSR count). The van der Waals surface area contributed by atoms with Gasteiger partial charge in [-0.25, -0.2) is 13.2 Å². The zero-order valence-electron chi connectivity index (χ0n) is 15.6. The summed E-state index contributed by atoms with van der Waals surface area (Å²) in [6.45, 7) is 3.46. The van der Waals surface area contributed by atoms with E-state index in [0.717, 1.165) is 21.7 Å². The highest BCUT2D eigenvalue weighted by Crippen LogP contribution is 2.20. The Balaban J connectivity index is 2.26. The lowest BCUT2D eigenvalue weighted by Crippen LogP contribution is -2.37. The van der Waals surface area contributed by atoms with Crippen LogP contribution in [-0.4, -0.2) is 40.2 Å². The normalized spacial score (nSPS) is 11.0. The van der Waals surface area contributed by atoms with E-state index in [9.17, 15) is 18.0 Å². The number of carbonyl (C=O) groups is 2. The molecular formula is C19H22N2O5S. The van der Waals surface area contributed by atoms with Crippen molar-refractivity contribution in [3.63, 3.8) is 0 Å². The molecule has 1 N–H and O–H groups in total. The number of hydrogen-bond acceptors (Lipinski definition) is 5. The highest BCUT2D eigenvalue weighted by atomic mass is 32.2. The van der Waals surface area contributed by atoms with Crippen molar-refractivity contribution >= 4 is 33.3 Å². The van der Waals surface area contributed by atoms with Gasteiger partial charge in [0, 0.05) is 5.69 Å². The van der Waals surface area contributed by atoms with E-state index >= 15 is 0 Å². The van der Waals surface area contributed by atoms with Gasteiger partial charge in [-0.1, -0.05) is 12.1 Å². The minimum Gasteiger partial charge on any atom is -0.465 e. The number of nitrogens with zero attached hydrogens (tertiary/aromatic N) is 1. The summed E-state index contributed by atoms with van der Waals surface area (Å²) in [5.74, 6) is -1.09. The molecule has 0 radical (unpaired) electrons. The molecule has 0 aliphatic carbocycles. The second-order valence-corrected chi connectivity index (χ2v) is 8.07. The van der Waals surface area contributed by atoms with Crippen molar-refractivity contribution in [2.45, 2.75) is 13.8 Å². The molecule has 0 fully saturated rings. The maximum absolute atomic E-state index is 12.4. The molecule has 0 aliphatic heterocycles. The standard InChI is InChI=1S/C19H22N2O5S/c1-13-8-9-16(10-14(13)2)20-18(22)12-21(27(4,24)25)17-7-5-6-15(11-17)19(23)26-3/h5-11H,12H2,1-4H3,(H,20,22). The Morgan fingerprint density at radius 2 is 1.78 bits per heavy atom. The van der Waals surface area contributed by atoms with Crippen molar-refractivity contribution in [1.82, 2.24) is 0 Å². The highest BCUT2D eigenvalue weighted by molar-refractivity contribution is 7.92. The topological polar surface area (TPSA) is 92.8 Å². The number of aryl methyl sites for hydroxylation is 2. The molecule has 7 nitrogen and oxygen atoms in total. The van der Waals surface area contributed by atoms with Crippen LogP contribution in [-0.2, 0) is 19.6 Å². The average molecular weight is 390 g/mol. The Kier molecular flexibility index (Phi) is 6.22. The molecular weight excluding hydrogens is 368 g/mol. The molecule has 27 heavy (non-hydrogen) atoms. The maximum atomic E-state index is 12.4. The first-order chi connectivity index (χ1) is 12.6. The summed E-state index contributed by atoms with van der Waals surface area (Å²) < 4.78 is 30.0. The molecule has 1 amide bonds. The number of anilines is 2. The largest absolute Gasteiger partial charge is 0.465 e. The fraction of sp³-hybridized carbons (Fsp3) is 0.263. The summed E-state index contributed by atoms with van der Waals surface area (Å²) in [7, 11) is -2.51. The van der Waals surface area contributed by atoms with Gasteiger partial charge in [0.15, 0.2) is 0 Å². The van der Waals surface area contributed by atoms with Crippen molar-refractivity contribution in [2.24, 2.45) is 0 Å². The SMILES string of the molecule is COC(=O)c1cccc(N(CC(=O)Nc2ccc(C)c(C)c2)S(C)(=O)=O)c1. The second kappa shape index (κ2) is 8.22. The summed E-state index contributed by atoms with van der Waals surface area (Å²) in [5, 5.41) is 2.69. The molecule has 8 heteroatoms. The van der Waals surface area contributed by atoms with Crippen molar-refractivity contribution in [3.05, 3.63) is 59.2 Å². The fourth-order valence-corrected chi connectivity index (χ4v) is 3.30. The number of sulfonamides is 1. The molecule has 0 aromatic heterocycles. The first-order valence-electron chi connectivity index (χ1n) is 8.15. The summed E-state index contributed by atoms with van der Waals surface area (Å²) >= 11 is 0. The van der Waals surface area contributed by atoms with E-state index in [4.69, 9.17) is 0 Å². The Morgan fingerprint density at radius 3 is 2.37 bits per heavy atom. The third-order valence-corrected chi connectivity index (χ3v) is 5.17. The van der Waals surface area contributed by atoms with Gasteiger partial charge in [-0.05, 0) is 55.3 Å². The van der Waals surface area contributed by atoms with Gasteiger partial charge < -0.3 is 10.1 Å². The van der Waals surface area contributed by atoms with Gasteiger partial charge in [-0.15, -0.1) is 0 Å². The van der Waals surface area contributed by atoms with Gasteiger partial charge in [-0.3, -0.25) is 9.10 Å². The van der Waals surface area contributed by atoms with Gasteiger partial charge in [0.1, 0.15) is 6.54 Å².